The van der Waals surface area contributed by atoms with Gasteiger partial charge in [-0.3, -0.25) is 9.59 Å². The Balaban J connectivity index is 1.78. The zero-order valence-electron chi connectivity index (χ0n) is 16.0. The van der Waals surface area contributed by atoms with E-state index in [0.717, 1.165) is 0 Å². The molecule has 0 spiro atoms. The van der Waals surface area contributed by atoms with Crippen molar-refractivity contribution in [2.45, 2.75) is 6.42 Å². The average molecular weight is 385 g/mol. The van der Waals surface area contributed by atoms with Crippen LogP contribution in [-0.2, 0) is 4.79 Å². The largest absolute Gasteiger partial charge is 0.497 e. The van der Waals surface area contributed by atoms with E-state index in [1.807, 2.05) is 0 Å². The third-order valence-corrected chi connectivity index (χ3v) is 3.82. The monoisotopic (exact) mass is 385 g/mol. The van der Waals surface area contributed by atoms with Crippen molar-refractivity contribution in [3.05, 3.63) is 53.6 Å². The van der Waals surface area contributed by atoms with Crippen LogP contribution in [0, 0.1) is 0 Å². The molecule has 8 heteroatoms. The van der Waals surface area contributed by atoms with Gasteiger partial charge in [0.05, 0.1) is 27.5 Å². The molecular formula is C20H23N3O5. The van der Waals surface area contributed by atoms with Crippen molar-refractivity contribution in [3.63, 3.8) is 0 Å². The Morgan fingerprint density at radius 1 is 0.964 bits per heavy atom. The highest BCUT2D eigenvalue weighted by Crippen LogP contribution is 2.22. The summed E-state index contributed by atoms with van der Waals surface area (Å²) in [6.45, 7) is 0.193. The maximum Gasteiger partial charge on any atom is 0.251 e. The fourth-order valence-electron chi connectivity index (χ4n) is 2.29. The maximum absolute atomic E-state index is 12.0. The Hall–Kier alpha value is -3.55. The predicted octanol–water partition coefficient (Wildman–Crippen LogP) is 1.98. The molecule has 8 nitrogen and oxygen atoms in total. The summed E-state index contributed by atoms with van der Waals surface area (Å²) >= 11 is 0. The van der Waals surface area contributed by atoms with Gasteiger partial charge in [0.25, 0.3) is 5.91 Å². The Morgan fingerprint density at radius 2 is 1.64 bits per heavy atom. The second kappa shape index (κ2) is 10.6. The zero-order valence-corrected chi connectivity index (χ0v) is 16.0. The Kier molecular flexibility index (Phi) is 7.83. The number of carbonyl (C=O) groups is 2. The average Bonchev–Trinajstić information content (AvgIpc) is 2.73. The minimum Gasteiger partial charge on any atom is -0.497 e. The van der Waals surface area contributed by atoms with Crippen LogP contribution in [0.5, 0.6) is 17.2 Å². The molecule has 0 unspecified atom stereocenters. The summed E-state index contributed by atoms with van der Waals surface area (Å²) in [6, 6.07) is 12.0. The van der Waals surface area contributed by atoms with Gasteiger partial charge in [0, 0.05) is 30.2 Å². The molecule has 0 radical (unpaired) electrons. The Bertz CT molecular complexity index is 834. The van der Waals surface area contributed by atoms with E-state index in [2.05, 4.69) is 15.8 Å². The summed E-state index contributed by atoms with van der Waals surface area (Å²) in [4.78, 5) is 23.9. The molecule has 148 valence electrons. The van der Waals surface area contributed by atoms with Crippen molar-refractivity contribution in [1.29, 1.82) is 0 Å². The van der Waals surface area contributed by atoms with Crippen LogP contribution in [0.25, 0.3) is 0 Å². The molecular weight excluding hydrogens is 362 g/mol. The summed E-state index contributed by atoms with van der Waals surface area (Å²) < 4.78 is 15.4. The molecule has 0 aromatic heterocycles. The van der Waals surface area contributed by atoms with Crippen molar-refractivity contribution < 1.29 is 23.8 Å². The fourth-order valence-corrected chi connectivity index (χ4v) is 2.29. The molecule has 0 aliphatic rings. The van der Waals surface area contributed by atoms with E-state index in [-0.39, 0.29) is 24.8 Å². The lowest BCUT2D eigenvalue weighted by Crippen LogP contribution is -2.29. The molecule has 0 aliphatic heterocycles. The number of rotatable bonds is 9. The second-order valence-corrected chi connectivity index (χ2v) is 5.64. The molecule has 2 N–H and O–H groups in total. The van der Waals surface area contributed by atoms with Crippen molar-refractivity contribution in [2.75, 3.05) is 27.9 Å². The number of hydrogen-bond acceptors (Lipinski definition) is 6. The molecule has 28 heavy (non-hydrogen) atoms. The first kappa shape index (κ1) is 20.8. The molecule has 2 rings (SSSR count). The van der Waals surface area contributed by atoms with E-state index >= 15 is 0 Å². The summed E-state index contributed by atoms with van der Waals surface area (Å²) in [5, 5.41) is 6.59. The van der Waals surface area contributed by atoms with Crippen LogP contribution in [0.15, 0.2) is 47.6 Å². The highest BCUT2D eigenvalue weighted by Gasteiger charge is 2.07. The fraction of sp³-hybridized carbons (Fsp3) is 0.250. The van der Waals surface area contributed by atoms with Gasteiger partial charge in [0.15, 0.2) is 0 Å². The standard InChI is InChI=1S/C20H23N3O5/c1-26-16-7-4-14(5-8-16)20(25)21-11-10-19(24)23-22-13-15-6-9-17(27-2)12-18(15)28-3/h4-9,12-13H,10-11H2,1-3H3,(H,21,25)(H,23,24). The molecule has 0 fully saturated rings. The minimum atomic E-state index is -0.321. The number of methoxy groups -OCH3 is 3. The molecule has 2 amide bonds. The number of benzene rings is 2. The minimum absolute atomic E-state index is 0.0962. The van der Waals surface area contributed by atoms with Crippen molar-refractivity contribution in [2.24, 2.45) is 5.10 Å². The second-order valence-electron chi connectivity index (χ2n) is 5.64. The summed E-state index contributed by atoms with van der Waals surface area (Å²) in [5.41, 5.74) is 3.60. The molecule has 0 bridgehead atoms. The molecule has 2 aromatic carbocycles. The number of ether oxygens (including phenoxy) is 3. The SMILES string of the molecule is COc1ccc(C(=O)NCCC(=O)NN=Cc2ccc(OC)cc2OC)cc1. The van der Waals surface area contributed by atoms with Crippen LogP contribution in [0.4, 0.5) is 0 Å². The molecule has 0 aliphatic carbocycles. The molecule has 0 heterocycles. The predicted molar refractivity (Wildman–Crippen MR) is 105 cm³/mol. The smallest absolute Gasteiger partial charge is 0.251 e. The number of nitrogens with one attached hydrogen (secondary N) is 2. The van der Waals surface area contributed by atoms with Crippen LogP contribution in [0.2, 0.25) is 0 Å². The van der Waals surface area contributed by atoms with Gasteiger partial charge < -0.3 is 19.5 Å². The zero-order chi connectivity index (χ0) is 20.4. The molecule has 0 saturated carbocycles. The molecule has 2 aromatic rings. The van der Waals surface area contributed by atoms with Gasteiger partial charge >= 0.3 is 0 Å². The lowest BCUT2D eigenvalue weighted by atomic mass is 10.2. The Labute approximate surface area is 163 Å². The number of hydrazone groups is 1. The lowest BCUT2D eigenvalue weighted by Gasteiger charge is -2.07. The quantitative estimate of drug-likeness (QED) is 0.508. The van der Waals surface area contributed by atoms with Gasteiger partial charge in [-0.25, -0.2) is 5.43 Å². The number of amides is 2. The summed E-state index contributed by atoms with van der Waals surface area (Å²) in [6.07, 6.45) is 1.57. The lowest BCUT2D eigenvalue weighted by molar-refractivity contribution is -0.120. The van der Waals surface area contributed by atoms with Gasteiger partial charge in [-0.2, -0.15) is 5.10 Å². The molecule has 0 saturated heterocycles. The van der Waals surface area contributed by atoms with E-state index in [9.17, 15) is 9.59 Å². The first-order valence-corrected chi connectivity index (χ1v) is 8.53. The van der Waals surface area contributed by atoms with Crippen LogP contribution in [0.1, 0.15) is 22.3 Å². The number of hydrogen-bond donors (Lipinski definition) is 2. The van der Waals surface area contributed by atoms with Crippen LogP contribution in [0.3, 0.4) is 0 Å². The van der Waals surface area contributed by atoms with Crippen LogP contribution >= 0.6 is 0 Å². The normalized spacial score (nSPS) is 10.4. The van der Waals surface area contributed by atoms with E-state index in [1.54, 1.807) is 56.7 Å². The van der Waals surface area contributed by atoms with Gasteiger partial charge in [0.1, 0.15) is 17.2 Å². The van der Waals surface area contributed by atoms with Crippen LogP contribution in [-0.4, -0.2) is 45.9 Å². The van der Waals surface area contributed by atoms with E-state index in [1.165, 1.54) is 13.3 Å². The van der Waals surface area contributed by atoms with Crippen molar-refractivity contribution in [3.8, 4) is 17.2 Å². The third kappa shape index (κ3) is 6.01. The van der Waals surface area contributed by atoms with E-state index in [0.29, 0.717) is 28.4 Å². The molecule has 0 atom stereocenters. The third-order valence-electron chi connectivity index (χ3n) is 3.82. The topological polar surface area (TPSA) is 98.2 Å². The van der Waals surface area contributed by atoms with Crippen LogP contribution < -0.4 is 25.0 Å². The van der Waals surface area contributed by atoms with Gasteiger partial charge in [0.2, 0.25) is 5.91 Å². The highest BCUT2D eigenvalue weighted by molar-refractivity contribution is 5.94. The first-order chi connectivity index (χ1) is 13.6. The maximum atomic E-state index is 12.0. The van der Waals surface area contributed by atoms with Crippen molar-refractivity contribution >= 4 is 18.0 Å². The van der Waals surface area contributed by atoms with Gasteiger partial charge in [-0.1, -0.05) is 0 Å². The highest BCUT2D eigenvalue weighted by atomic mass is 16.5. The Morgan fingerprint density at radius 3 is 2.29 bits per heavy atom. The summed E-state index contributed by atoms with van der Waals surface area (Å²) in [5.74, 6) is 1.32. The first-order valence-electron chi connectivity index (χ1n) is 8.53. The van der Waals surface area contributed by atoms with E-state index in [4.69, 9.17) is 14.2 Å². The number of carbonyl (C=O) groups excluding carboxylic acids is 2. The number of nitrogens with zero attached hydrogens (tertiary/aromatic N) is 1. The summed E-state index contributed by atoms with van der Waals surface area (Å²) in [7, 11) is 4.66. The van der Waals surface area contributed by atoms with Gasteiger partial charge in [-0.15, -0.1) is 0 Å². The van der Waals surface area contributed by atoms with Gasteiger partial charge in [-0.05, 0) is 36.4 Å². The van der Waals surface area contributed by atoms with Crippen molar-refractivity contribution in [1.82, 2.24) is 10.7 Å². The van der Waals surface area contributed by atoms with E-state index < -0.39 is 0 Å².